The molecule has 0 aromatic carbocycles. The van der Waals surface area contributed by atoms with Crippen molar-refractivity contribution in [3.63, 3.8) is 0 Å². The summed E-state index contributed by atoms with van der Waals surface area (Å²) >= 11 is 0. The van der Waals surface area contributed by atoms with E-state index < -0.39 is 0 Å². The molecular formula is C2HBN3. The molecule has 1 radical (unpaired) electrons. The van der Waals surface area contributed by atoms with Crippen molar-refractivity contribution in [3.8, 4) is 0 Å². The zero-order valence-electron chi connectivity index (χ0n) is 3.00. The average Bonchev–Trinajstić information content (AvgIpc) is 1.86. The Morgan fingerprint density at radius 3 is 2.67 bits per heavy atom. The van der Waals surface area contributed by atoms with Crippen molar-refractivity contribution >= 4 is 19.3 Å². The molecule has 0 aromatic rings. The molecule has 4 heteroatoms. The number of rotatable bonds is 0. The number of nitrogens with zero attached hydrogens (tertiary/aromatic N) is 3. The quantitative estimate of drug-likeness (QED) is 0.358. The van der Waals surface area contributed by atoms with E-state index in [9.17, 15) is 0 Å². The molecular weight excluding hydrogens is 76.9 g/mol. The van der Waals surface area contributed by atoms with Gasteiger partial charge in [-0.3, -0.25) is 0 Å². The first-order chi connectivity index (χ1) is 2.89. The summed E-state index contributed by atoms with van der Waals surface area (Å²) in [4.78, 5) is 0. The summed E-state index contributed by atoms with van der Waals surface area (Å²) in [5.41, 5.74) is 0.370. The molecule has 1 rings (SSSR count). The molecule has 0 atom stereocenters. The molecule has 1 heterocycles. The molecule has 0 saturated heterocycles. The van der Waals surface area contributed by atoms with Crippen molar-refractivity contribution in [3.05, 3.63) is 0 Å². The summed E-state index contributed by atoms with van der Waals surface area (Å²) in [7, 11) is 5.04. The third kappa shape index (κ3) is 0.405. The molecule has 0 spiro atoms. The molecule has 0 bridgehead atoms. The molecule has 0 amide bonds. The fraction of sp³-hybridized carbons (Fsp3) is 0. The van der Waals surface area contributed by atoms with Gasteiger partial charge in [-0.15, -0.1) is 0 Å². The fourth-order valence-electron chi connectivity index (χ4n) is 0.188. The maximum atomic E-state index is 5.04. The Morgan fingerprint density at radius 2 is 2.50 bits per heavy atom. The van der Waals surface area contributed by atoms with Crippen LogP contribution in [-0.2, 0) is 0 Å². The van der Waals surface area contributed by atoms with Gasteiger partial charge in [-0.05, 0) is 0 Å². The van der Waals surface area contributed by atoms with Gasteiger partial charge in [0.25, 0.3) is 0 Å². The molecule has 0 saturated carbocycles. The van der Waals surface area contributed by atoms with Crippen molar-refractivity contribution in [1.29, 1.82) is 0 Å². The van der Waals surface area contributed by atoms with Crippen LogP contribution in [0, 0.1) is 0 Å². The summed E-state index contributed by atoms with van der Waals surface area (Å²) in [5.74, 6) is 0. The van der Waals surface area contributed by atoms with Gasteiger partial charge in [0.1, 0.15) is 0 Å². The zero-order valence-corrected chi connectivity index (χ0v) is 3.00. The van der Waals surface area contributed by atoms with Crippen LogP contribution in [0.4, 0.5) is 0 Å². The summed E-state index contributed by atoms with van der Waals surface area (Å²) in [6.07, 6.45) is 1.39. The maximum absolute atomic E-state index is 5.04. The van der Waals surface area contributed by atoms with Gasteiger partial charge < -0.3 is 0 Å². The summed E-state index contributed by atoms with van der Waals surface area (Å²) < 4.78 is 0. The van der Waals surface area contributed by atoms with Gasteiger partial charge in [0.2, 0.25) is 0 Å². The van der Waals surface area contributed by atoms with E-state index in [0.717, 1.165) is 0 Å². The Labute approximate surface area is 35.8 Å². The van der Waals surface area contributed by atoms with Gasteiger partial charge in [-0.1, -0.05) is 0 Å². The van der Waals surface area contributed by atoms with Gasteiger partial charge in [0, 0.05) is 0 Å². The second-order valence-corrected chi connectivity index (χ2v) is 0.859. The third-order valence-electron chi connectivity index (χ3n) is 0.402. The van der Waals surface area contributed by atoms with Gasteiger partial charge in [0.05, 0.1) is 0 Å². The van der Waals surface area contributed by atoms with Crippen LogP contribution in [0.25, 0.3) is 0 Å². The molecule has 6 heavy (non-hydrogen) atoms. The molecule has 1 aliphatic heterocycles. The van der Waals surface area contributed by atoms with E-state index in [1.807, 2.05) is 0 Å². The molecule has 0 N–H and O–H groups in total. The van der Waals surface area contributed by atoms with Gasteiger partial charge in [0.15, 0.2) is 0 Å². The van der Waals surface area contributed by atoms with Crippen molar-refractivity contribution < 1.29 is 0 Å². The first-order valence-electron chi connectivity index (χ1n) is 1.46. The molecule has 0 aromatic heterocycles. The van der Waals surface area contributed by atoms with Gasteiger partial charge in [-0.25, -0.2) is 0 Å². The van der Waals surface area contributed by atoms with E-state index in [-0.39, 0.29) is 0 Å². The van der Waals surface area contributed by atoms with Crippen LogP contribution in [0.1, 0.15) is 0 Å². The van der Waals surface area contributed by atoms with E-state index >= 15 is 0 Å². The molecule has 0 unspecified atom stereocenters. The monoisotopic (exact) mass is 78.0 g/mol. The molecule has 0 fully saturated rings. The average molecular weight is 77.9 g/mol. The van der Waals surface area contributed by atoms with E-state index in [1.54, 1.807) is 0 Å². The van der Waals surface area contributed by atoms with Crippen LogP contribution in [0.3, 0.4) is 0 Å². The zero-order chi connectivity index (χ0) is 4.41. The van der Waals surface area contributed by atoms with Crippen LogP contribution in [0.2, 0.25) is 0 Å². The second-order valence-electron chi connectivity index (χ2n) is 0.859. The van der Waals surface area contributed by atoms with Crippen molar-refractivity contribution in [2.75, 3.05) is 0 Å². The van der Waals surface area contributed by atoms with Crippen molar-refractivity contribution in [1.82, 2.24) is 0 Å². The van der Waals surface area contributed by atoms with Crippen LogP contribution in [0.15, 0.2) is 15.4 Å². The normalized spacial score (nSPS) is 16.8. The number of hydrogen-bond acceptors (Lipinski definition) is 3. The molecule has 1 aliphatic rings. The fourth-order valence-corrected chi connectivity index (χ4v) is 0.188. The first kappa shape index (κ1) is 3.40. The SMILES string of the molecule is [B]=C1C=NN=N1. The predicted octanol–water partition coefficient (Wildman–Crippen LogP) is -0.264. The van der Waals surface area contributed by atoms with E-state index in [4.69, 9.17) is 7.49 Å². The second kappa shape index (κ2) is 1.12. The summed E-state index contributed by atoms with van der Waals surface area (Å²) in [6.45, 7) is 0. The Balaban J connectivity index is 2.86. The van der Waals surface area contributed by atoms with Crippen LogP contribution in [0.5, 0.6) is 0 Å². The van der Waals surface area contributed by atoms with E-state index in [2.05, 4.69) is 15.4 Å². The van der Waals surface area contributed by atoms with E-state index in [1.165, 1.54) is 6.21 Å². The van der Waals surface area contributed by atoms with Crippen LogP contribution >= 0.6 is 0 Å². The number of hydrogen-bond donors (Lipinski definition) is 0. The molecule has 27 valence electrons. The van der Waals surface area contributed by atoms with Crippen LogP contribution in [-0.4, -0.2) is 19.3 Å². The summed E-state index contributed by atoms with van der Waals surface area (Å²) in [6, 6.07) is 0. The summed E-state index contributed by atoms with van der Waals surface area (Å²) in [5, 5.41) is 9.87. The van der Waals surface area contributed by atoms with Gasteiger partial charge in [-0.2, -0.15) is 0 Å². The first-order valence-corrected chi connectivity index (χ1v) is 1.46. The van der Waals surface area contributed by atoms with Gasteiger partial charge >= 0.3 is 34.7 Å². The standard InChI is InChI=1S/C2HBN3/c3-2-1-4-6-5-2/h1H. The van der Waals surface area contributed by atoms with Crippen LogP contribution < -0.4 is 0 Å². The molecule has 0 aliphatic carbocycles. The molecule has 3 nitrogen and oxygen atoms in total. The van der Waals surface area contributed by atoms with E-state index in [0.29, 0.717) is 5.59 Å². The Morgan fingerprint density at radius 1 is 1.67 bits per heavy atom. The topological polar surface area (TPSA) is 37.1 Å². The minimum atomic E-state index is 0.370. The Hall–Kier alpha value is -0.795. The van der Waals surface area contributed by atoms with Crippen molar-refractivity contribution in [2.45, 2.75) is 0 Å². The Bertz CT molecular complexity index is 111. The Kier molecular flexibility index (Phi) is 0.635. The minimum absolute atomic E-state index is 0.370. The predicted molar refractivity (Wildman–Crippen MR) is 24.1 cm³/mol. The third-order valence-corrected chi connectivity index (χ3v) is 0.402. The van der Waals surface area contributed by atoms with Crippen molar-refractivity contribution in [2.24, 2.45) is 15.4 Å².